The van der Waals surface area contributed by atoms with Crippen LogP contribution in [0.5, 0.6) is 5.75 Å². The Kier molecular flexibility index (Phi) is 4.81. The maximum Gasteiger partial charge on any atom is 0.223 e. The number of nitrogen functional groups attached to an aromatic ring is 1. The third kappa shape index (κ3) is 3.98. The highest BCUT2D eigenvalue weighted by molar-refractivity contribution is 5.52. The van der Waals surface area contributed by atoms with Crippen LogP contribution in [-0.4, -0.2) is 23.6 Å². The fourth-order valence-corrected chi connectivity index (χ4v) is 2.01. The molecule has 1 heterocycles. The molecule has 0 spiro atoms. The first-order valence-corrected chi connectivity index (χ1v) is 6.91. The lowest BCUT2D eigenvalue weighted by molar-refractivity contribution is 0.414. The Labute approximate surface area is 124 Å². The molecule has 0 bridgehead atoms. The summed E-state index contributed by atoms with van der Waals surface area (Å²) in [6.07, 6.45) is 0. The minimum atomic E-state index is 0.0969. The predicted octanol–water partition coefficient (Wildman–Crippen LogP) is 2.67. The average molecular weight is 287 g/mol. The van der Waals surface area contributed by atoms with Crippen molar-refractivity contribution in [2.75, 3.05) is 30.0 Å². The highest BCUT2D eigenvalue weighted by Crippen LogP contribution is 2.22. The molecule has 2 rings (SSSR count). The Balaban J connectivity index is 2.12. The summed E-state index contributed by atoms with van der Waals surface area (Å²) in [4.78, 5) is 8.33. The van der Waals surface area contributed by atoms with Crippen LogP contribution in [0.15, 0.2) is 30.3 Å². The van der Waals surface area contributed by atoms with Gasteiger partial charge in [-0.1, -0.05) is 12.1 Å². The van der Waals surface area contributed by atoms with E-state index in [-0.39, 0.29) is 12.0 Å². The first-order chi connectivity index (χ1) is 10.1. The monoisotopic (exact) mass is 287 g/mol. The summed E-state index contributed by atoms with van der Waals surface area (Å²) in [7, 11) is 1.66. The van der Waals surface area contributed by atoms with Crippen LogP contribution in [0, 0.1) is 0 Å². The summed E-state index contributed by atoms with van der Waals surface area (Å²) in [5.41, 5.74) is 6.86. The first kappa shape index (κ1) is 14.9. The van der Waals surface area contributed by atoms with Crippen molar-refractivity contribution in [3.8, 4) is 5.75 Å². The van der Waals surface area contributed by atoms with Crippen molar-refractivity contribution < 1.29 is 4.74 Å². The number of anilines is 3. The molecule has 1 unspecified atom stereocenters. The highest BCUT2D eigenvalue weighted by Gasteiger charge is 2.08. The number of hydrogen-bond acceptors (Lipinski definition) is 6. The topological polar surface area (TPSA) is 85.1 Å². The van der Waals surface area contributed by atoms with Gasteiger partial charge in [0.15, 0.2) is 0 Å². The third-order valence-electron chi connectivity index (χ3n) is 3.08. The number of nitrogens with one attached hydrogen (secondary N) is 2. The van der Waals surface area contributed by atoms with Crippen molar-refractivity contribution in [3.05, 3.63) is 35.9 Å². The average Bonchev–Trinajstić information content (AvgIpc) is 2.47. The van der Waals surface area contributed by atoms with Gasteiger partial charge in [-0.15, -0.1) is 0 Å². The molecular weight excluding hydrogens is 266 g/mol. The summed E-state index contributed by atoms with van der Waals surface area (Å²) in [5, 5.41) is 6.45. The van der Waals surface area contributed by atoms with Gasteiger partial charge >= 0.3 is 0 Å². The van der Waals surface area contributed by atoms with Crippen LogP contribution in [0.2, 0.25) is 0 Å². The Morgan fingerprint density at radius 3 is 2.48 bits per heavy atom. The zero-order valence-corrected chi connectivity index (χ0v) is 12.6. The number of nitrogens with zero attached hydrogens (tertiary/aromatic N) is 2. The van der Waals surface area contributed by atoms with Gasteiger partial charge < -0.3 is 21.1 Å². The van der Waals surface area contributed by atoms with E-state index in [1.165, 1.54) is 0 Å². The first-order valence-electron chi connectivity index (χ1n) is 6.91. The molecule has 1 aromatic heterocycles. The molecule has 1 atom stereocenters. The van der Waals surface area contributed by atoms with E-state index in [4.69, 9.17) is 10.5 Å². The second-order valence-corrected chi connectivity index (χ2v) is 4.67. The molecule has 112 valence electrons. The van der Waals surface area contributed by atoms with Gasteiger partial charge in [0.1, 0.15) is 17.4 Å². The van der Waals surface area contributed by atoms with Gasteiger partial charge in [-0.3, -0.25) is 0 Å². The molecule has 6 heteroatoms. The smallest absolute Gasteiger partial charge is 0.223 e. The fourth-order valence-electron chi connectivity index (χ4n) is 2.01. The van der Waals surface area contributed by atoms with Crippen LogP contribution >= 0.6 is 0 Å². The molecule has 1 aromatic carbocycles. The van der Waals surface area contributed by atoms with E-state index in [0.29, 0.717) is 5.82 Å². The number of rotatable bonds is 6. The van der Waals surface area contributed by atoms with Crippen LogP contribution in [0.4, 0.5) is 17.6 Å². The molecule has 0 aliphatic heterocycles. The van der Waals surface area contributed by atoms with E-state index >= 15 is 0 Å². The van der Waals surface area contributed by atoms with E-state index in [1.54, 1.807) is 7.11 Å². The SMILES string of the molecule is CCNc1cc(NC(C)c2ccc(OC)cc2)nc(N)n1. The van der Waals surface area contributed by atoms with Crippen LogP contribution in [0.25, 0.3) is 0 Å². The lowest BCUT2D eigenvalue weighted by Gasteiger charge is -2.16. The Hall–Kier alpha value is -2.50. The Bertz CT molecular complexity index is 585. The zero-order valence-electron chi connectivity index (χ0n) is 12.6. The summed E-state index contributed by atoms with van der Waals surface area (Å²) < 4.78 is 5.16. The van der Waals surface area contributed by atoms with Gasteiger partial charge in [0.25, 0.3) is 0 Å². The third-order valence-corrected chi connectivity index (χ3v) is 3.08. The second kappa shape index (κ2) is 6.78. The van der Waals surface area contributed by atoms with Crippen molar-refractivity contribution in [3.63, 3.8) is 0 Å². The van der Waals surface area contributed by atoms with Crippen LogP contribution in [-0.2, 0) is 0 Å². The van der Waals surface area contributed by atoms with E-state index in [0.717, 1.165) is 23.7 Å². The molecule has 6 nitrogen and oxygen atoms in total. The maximum absolute atomic E-state index is 5.72. The van der Waals surface area contributed by atoms with E-state index < -0.39 is 0 Å². The van der Waals surface area contributed by atoms with Crippen LogP contribution in [0.1, 0.15) is 25.5 Å². The number of aromatic nitrogens is 2. The van der Waals surface area contributed by atoms with Gasteiger partial charge in [-0.05, 0) is 31.5 Å². The van der Waals surface area contributed by atoms with Gasteiger partial charge in [-0.25, -0.2) is 0 Å². The summed E-state index contributed by atoms with van der Waals surface area (Å²) in [6.45, 7) is 4.85. The Morgan fingerprint density at radius 1 is 1.19 bits per heavy atom. The number of ether oxygens (including phenoxy) is 1. The maximum atomic E-state index is 5.72. The van der Waals surface area contributed by atoms with Gasteiger partial charge in [0.05, 0.1) is 7.11 Å². The molecule has 0 amide bonds. The molecule has 0 radical (unpaired) electrons. The molecule has 4 N–H and O–H groups in total. The number of methoxy groups -OCH3 is 1. The highest BCUT2D eigenvalue weighted by atomic mass is 16.5. The van der Waals surface area contributed by atoms with Crippen LogP contribution < -0.4 is 21.1 Å². The summed E-state index contributed by atoms with van der Waals surface area (Å²) in [5.74, 6) is 2.50. The van der Waals surface area contributed by atoms with Gasteiger partial charge in [-0.2, -0.15) is 9.97 Å². The molecule has 0 aliphatic rings. The van der Waals surface area contributed by atoms with Gasteiger partial charge in [0, 0.05) is 18.7 Å². The molecule has 0 saturated heterocycles. The molecular formula is C15H21N5O. The minimum absolute atomic E-state index is 0.0969. The van der Waals surface area contributed by atoms with Crippen molar-refractivity contribution in [2.24, 2.45) is 0 Å². The quantitative estimate of drug-likeness (QED) is 0.757. The molecule has 0 saturated carbocycles. The molecule has 2 aromatic rings. The number of benzene rings is 1. The lowest BCUT2D eigenvalue weighted by Crippen LogP contribution is -2.11. The van der Waals surface area contributed by atoms with E-state index in [2.05, 4.69) is 27.5 Å². The lowest BCUT2D eigenvalue weighted by atomic mass is 10.1. The van der Waals surface area contributed by atoms with Crippen LogP contribution in [0.3, 0.4) is 0 Å². The van der Waals surface area contributed by atoms with Crippen molar-refractivity contribution in [1.29, 1.82) is 0 Å². The number of nitrogens with two attached hydrogens (primary N) is 1. The minimum Gasteiger partial charge on any atom is -0.497 e. The largest absolute Gasteiger partial charge is 0.497 e. The standard InChI is InChI=1S/C15H21N5O/c1-4-17-13-9-14(20-15(16)19-13)18-10(2)11-5-7-12(21-3)8-6-11/h5-10H,4H2,1-3H3,(H4,16,17,18,19,20). The Morgan fingerprint density at radius 2 is 1.86 bits per heavy atom. The van der Waals surface area contributed by atoms with E-state index in [9.17, 15) is 0 Å². The molecule has 0 aliphatic carbocycles. The number of hydrogen-bond donors (Lipinski definition) is 3. The van der Waals surface area contributed by atoms with E-state index in [1.807, 2.05) is 37.3 Å². The van der Waals surface area contributed by atoms with Gasteiger partial charge in [0.2, 0.25) is 5.95 Å². The predicted molar refractivity (Wildman–Crippen MR) is 85.6 cm³/mol. The summed E-state index contributed by atoms with van der Waals surface area (Å²) >= 11 is 0. The summed E-state index contributed by atoms with van der Waals surface area (Å²) in [6, 6.07) is 9.86. The normalized spacial score (nSPS) is 11.8. The van der Waals surface area contributed by atoms with Crippen molar-refractivity contribution >= 4 is 17.6 Å². The zero-order chi connectivity index (χ0) is 15.2. The fraction of sp³-hybridized carbons (Fsp3) is 0.333. The second-order valence-electron chi connectivity index (χ2n) is 4.67. The van der Waals surface area contributed by atoms with Crippen molar-refractivity contribution in [2.45, 2.75) is 19.9 Å². The molecule has 21 heavy (non-hydrogen) atoms. The molecule has 0 fully saturated rings. The van der Waals surface area contributed by atoms with Crippen molar-refractivity contribution in [1.82, 2.24) is 9.97 Å².